The lowest BCUT2D eigenvalue weighted by Gasteiger charge is -2.21. The summed E-state index contributed by atoms with van der Waals surface area (Å²) in [6, 6.07) is 3.78. The number of pyridine rings is 1. The van der Waals surface area contributed by atoms with Crippen LogP contribution in [0.1, 0.15) is 36.6 Å². The van der Waals surface area contributed by atoms with Gasteiger partial charge in [0.15, 0.2) is 0 Å². The number of aromatic nitrogens is 1. The molecule has 1 N–H and O–H groups in total. The van der Waals surface area contributed by atoms with E-state index >= 15 is 0 Å². The van der Waals surface area contributed by atoms with Crippen LogP contribution in [0, 0.1) is 0 Å². The maximum atomic E-state index is 6.34. The quantitative estimate of drug-likeness (QED) is 0.901. The zero-order valence-electron chi connectivity index (χ0n) is 11.6. The Morgan fingerprint density at radius 1 is 1.20 bits per heavy atom. The molecular weight excluding hydrogens is 291 g/mol. The molecule has 2 nitrogen and oxygen atoms in total. The Kier molecular flexibility index (Phi) is 4.16. The Morgan fingerprint density at radius 3 is 2.80 bits per heavy atom. The number of aryl methyl sites for hydroxylation is 1. The molecule has 1 aromatic heterocycles. The lowest BCUT2D eigenvalue weighted by atomic mass is 9.90. The molecule has 1 aromatic carbocycles. The summed E-state index contributed by atoms with van der Waals surface area (Å²) in [5.74, 6) is 0. The Morgan fingerprint density at radius 2 is 2.00 bits per heavy atom. The van der Waals surface area contributed by atoms with Gasteiger partial charge in [-0.05, 0) is 55.5 Å². The van der Waals surface area contributed by atoms with Gasteiger partial charge in [-0.15, -0.1) is 0 Å². The Balaban J connectivity index is 2.27. The first-order chi connectivity index (χ1) is 9.70. The van der Waals surface area contributed by atoms with Gasteiger partial charge in [0.25, 0.3) is 0 Å². The molecule has 0 atom stereocenters. The monoisotopic (exact) mass is 308 g/mol. The lowest BCUT2D eigenvalue weighted by Crippen LogP contribution is -2.17. The number of nitrogens with zero attached hydrogens (tertiary/aromatic N) is 1. The lowest BCUT2D eigenvalue weighted by molar-refractivity contribution is 0.651. The van der Waals surface area contributed by atoms with E-state index in [-0.39, 0.29) is 0 Å². The van der Waals surface area contributed by atoms with Gasteiger partial charge in [0.05, 0.1) is 10.5 Å². The maximum Gasteiger partial charge on any atom is 0.0895 e. The second kappa shape index (κ2) is 5.88. The fourth-order valence-electron chi connectivity index (χ4n) is 3.00. The molecule has 0 amide bonds. The van der Waals surface area contributed by atoms with E-state index in [0.29, 0.717) is 10.0 Å². The molecule has 0 radical (unpaired) electrons. The normalized spacial score (nSPS) is 14.6. The van der Waals surface area contributed by atoms with Crippen molar-refractivity contribution in [2.45, 2.75) is 39.2 Å². The molecule has 1 aliphatic rings. The van der Waals surface area contributed by atoms with Gasteiger partial charge in [-0.3, -0.25) is 4.98 Å². The molecular formula is C16H18Cl2N2. The van der Waals surface area contributed by atoms with Gasteiger partial charge in [0.2, 0.25) is 0 Å². The van der Waals surface area contributed by atoms with Gasteiger partial charge < -0.3 is 5.32 Å². The zero-order chi connectivity index (χ0) is 14.1. The van der Waals surface area contributed by atoms with Crippen molar-refractivity contribution in [2.24, 2.45) is 0 Å². The minimum Gasteiger partial charge on any atom is -0.313 e. The molecule has 1 heterocycles. The van der Waals surface area contributed by atoms with Gasteiger partial charge in [0.1, 0.15) is 0 Å². The molecule has 4 heteroatoms. The number of rotatable bonds is 3. The molecule has 20 heavy (non-hydrogen) atoms. The minimum absolute atomic E-state index is 0.652. The second-order valence-corrected chi connectivity index (χ2v) is 6.13. The third-order valence-electron chi connectivity index (χ3n) is 3.95. The van der Waals surface area contributed by atoms with Crippen LogP contribution in [0.4, 0.5) is 0 Å². The summed E-state index contributed by atoms with van der Waals surface area (Å²) >= 11 is 12.5. The highest BCUT2D eigenvalue weighted by Gasteiger charge is 2.19. The number of fused-ring (bicyclic) bond motifs is 2. The molecule has 3 rings (SSSR count). The molecule has 0 unspecified atom stereocenters. The third kappa shape index (κ3) is 2.52. The fraction of sp³-hybridized carbons (Fsp3) is 0.438. The van der Waals surface area contributed by atoms with E-state index in [4.69, 9.17) is 28.2 Å². The van der Waals surface area contributed by atoms with Crippen LogP contribution in [0.5, 0.6) is 0 Å². The molecule has 1 aliphatic carbocycles. The molecule has 2 aromatic rings. The van der Waals surface area contributed by atoms with Crippen LogP contribution in [-0.2, 0) is 19.4 Å². The smallest absolute Gasteiger partial charge is 0.0895 e. The number of benzene rings is 1. The van der Waals surface area contributed by atoms with Crippen molar-refractivity contribution >= 4 is 34.1 Å². The highest BCUT2D eigenvalue weighted by molar-refractivity contribution is 6.38. The topological polar surface area (TPSA) is 24.9 Å². The first-order valence-corrected chi connectivity index (χ1v) is 7.96. The first-order valence-electron chi connectivity index (χ1n) is 7.20. The van der Waals surface area contributed by atoms with Crippen LogP contribution in [0.3, 0.4) is 0 Å². The summed E-state index contributed by atoms with van der Waals surface area (Å²) in [5.41, 5.74) is 4.85. The van der Waals surface area contributed by atoms with E-state index in [1.54, 1.807) is 6.07 Å². The van der Waals surface area contributed by atoms with E-state index in [1.165, 1.54) is 29.7 Å². The standard InChI is InChI=1S/C16H18Cl2N2/c1-2-19-9-13-11-5-3-4-6-15(11)20-16-12(13)7-10(17)8-14(16)18/h7-8,19H,2-6,9H2,1H3. The number of nitrogens with one attached hydrogen (secondary N) is 1. The van der Waals surface area contributed by atoms with Crippen LogP contribution >= 0.6 is 23.2 Å². The molecule has 0 bridgehead atoms. The van der Waals surface area contributed by atoms with Gasteiger partial charge in [-0.1, -0.05) is 30.1 Å². The molecule has 0 aliphatic heterocycles. The largest absolute Gasteiger partial charge is 0.313 e. The summed E-state index contributed by atoms with van der Waals surface area (Å²) in [6.07, 6.45) is 4.64. The Hall–Kier alpha value is -0.830. The average molecular weight is 309 g/mol. The fourth-order valence-corrected chi connectivity index (χ4v) is 3.53. The van der Waals surface area contributed by atoms with Crippen molar-refractivity contribution in [3.8, 4) is 0 Å². The van der Waals surface area contributed by atoms with E-state index in [2.05, 4.69) is 12.2 Å². The SMILES string of the molecule is CCNCc1c2c(nc3c(Cl)cc(Cl)cc13)CCCC2. The number of halogens is 2. The predicted molar refractivity (Wildman–Crippen MR) is 85.8 cm³/mol. The van der Waals surface area contributed by atoms with Crippen LogP contribution in [-0.4, -0.2) is 11.5 Å². The average Bonchev–Trinajstić information content (AvgIpc) is 2.44. The van der Waals surface area contributed by atoms with Crippen molar-refractivity contribution < 1.29 is 0 Å². The van der Waals surface area contributed by atoms with Gasteiger partial charge in [-0.2, -0.15) is 0 Å². The van der Waals surface area contributed by atoms with Crippen molar-refractivity contribution in [1.82, 2.24) is 10.3 Å². The summed E-state index contributed by atoms with van der Waals surface area (Å²) in [4.78, 5) is 4.81. The molecule has 0 spiro atoms. The van der Waals surface area contributed by atoms with E-state index in [1.807, 2.05) is 6.07 Å². The number of hydrogen-bond acceptors (Lipinski definition) is 2. The number of hydrogen-bond donors (Lipinski definition) is 1. The van der Waals surface area contributed by atoms with Crippen molar-refractivity contribution in [3.63, 3.8) is 0 Å². The van der Waals surface area contributed by atoms with Gasteiger partial charge in [-0.25, -0.2) is 0 Å². The summed E-state index contributed by atoms with van der Waals surface area (Å²) in [5, 5.41) is 5.86. The second-order valence-electron chi connectivity index (χ2n) is 5.29. The van der Waals surface area contributed by atoms with E-state index in [9.17, 15) is 0 Å². The van der Waals surface area contributed by atoms with Crippen molar-refractivity contribution in [3.05, 3.63) is 39.0 Å². The first kappa shape index (κ1) is 14.1. The van der Waals surface area contributed by atoms with Crippen LogP contribution < -0.4 is 5.32 Å². The van der Waals surface area contributed by atoms with Crippen molar-refractivity contribution in [1.29, 1.82) is 0 Å². The van der Waals surface area contributed by atoms with Gasteiger partial charge in [0, 0.05) is 22.6 Å². The molecule has 0 saturated heterocycles. The van der Waals surface area contributed by atoms with Crippen LogP contribution in [0.25, 0.3) is 10.9 Å². The molecule has 0 saturated carbocycles. The maximum absolute atomic E-state index is 6.34. The highest BCUT2D eigenvalue weighted by atomic mass is 35.5. The Bertz CT molecular complexity index is 653. The highest BCUT2D eigenvalue weighted by Crippen LogP contribution is 2.34. The summed E-state index contributed by atoms with van der Waals surface area (Å²) in [7, 11) is 0. The Labute approximate surface area is 129 Å². The predicted octanol–water partition coefficient (Wildman–Crippen LogP) is 4.53. The van der Waals surface area contributed by atoms with Crippen LogP contribution in [0.2, 0.25) is 10.0 Å². The van der Waals surface area contributed by atoms with E-state index in [0.717, 1.165) is 36.8 Å². The molecule has 106 valence electrons. The third-order valence-corrected chi connectivity index (χ3v) is 4.46. The van der Waals surface area contributed by atoms with Gasteiger partial charge >= 0.3 is 0 Å². The van der Waals surface area contributed by atoms with Crippen LogP contribution in [0.15, 0.2) is 12.1 Å². The van der Waals surface area contributed by atoms with Crippen molar-refractivity contribution in [2.75, 3.05) is 6.54 Å². The zero-order valence-corrected chi connectivity index (χ0v) is 13.1. The van der Waals surface area contributed by atoms with E-state index < -0.39 is 0 Å². The minimum atomic E-state index is 0.652. The molecule has 0 fully saturated rings. The summed E-state index contributed by atoms with van der Waals surface area (Å²) in [6.45, 7) is 3.93. The summed E-state index contributed by atoms with van der Waals surface area (Å²) < 4.78 is 0.